The molecular weight excluding hydrogens is 446 g/mol. The van der Waals surface area contributed by atoms with E-state index in [9.17, 15) is 9.59 Å². The maximum Gasteiger partial charge on any atom is 0.263 e. The smallest absolute Gasteiger partial charge is 0.263 e. The topological polar surface area (TPSA) is 55.2 Å². The van der Waals surface area contributed by atoms with Crippen molar-refractivity contribution < 1.29 is 4.79 Å². The summed E-state index contributed by atoms with van der Waals surface area (Å²) in [6.45, 7) is 5.23. The van der Waals surface area contributed by atoms with Crippen molar-refractivity contribution >= 4 is 50.6 Å². The molecule has 1 atom stereocenters. The van der Waals surface area contributed by atoms with Crippen molar-refractivity contribution in [3.8, 4) is 10.4 Å². The highest BCUT2D eigenvalue weighted by atomic mass is 32.2. The summed E-state index contributed by atoms with van der Waals surface area (Å²) in [5, 5.41) is 4.73. The number of hydrogen-bond donors (Lipinski definition) is 0. The molecular formula is C23H23N3O2S3. The molecule has 31 heavy (non-hydrogen) atoms. The maximum absolute atomic E-state index is 13.3. The van der Waals surface area contributed by atoms with Crippen LogP contribution in [0.2, 0.25) is 0 Å². The molecule has 0 N–H and O–H groups in total. The molecule has 0 bridgehead atoms. The van der Waals surface area contributed by atoms with E-state index in [1.165, 1.54) is 23.1 Å². The average Bonchev–Trinajstić information content (AvgIpc) is 3.46. The van der Waals surface area contributed by atoms with Crippen molar-refractivity contribution in [2.75, 3.05) is 13.1 Å². The maximum atomic E-state index is 13.3. The monoisotopic (exact) mass is 469 g/mol. The van der Waals surface area contributed by atoms with Gasteiger partial charge in [-0.15, -0.1) is 22.7 Å². The minimum Gasteiger partial charge on any atom is -0.342 e. The van der Waals surface area contributed by atoms with E-state index in [-0.39, 0.29) is 11.5 Å². The molecule has 0 aliphatic rings. The van der Waals surface area contributed by atoms with E-state index in [4.69, 9.17) is 4.98 Å². The molecule has 1 aromatic carbocycles. The van der Waals surface area contributed by atoms with Gasteiger partial charge in [0.2, 0.25) is 5.91 Å². The SMILES string of the molecule is CCN(CC)C(=O)C(Sc1nc2scc(-c3cccs3)c2c(=O)n1C)c1ccccc1. The highest BCUT2D eigenvalue weighted by molar-refractivity contribution is 8.00. The first-order valence-corrected chi connectivity index (χ1v) is 12.7. The number of likely N-dealkylation sites (N-methyl/N-ethyl adjacent to an activating group) is 1. The second kappa shape index (κ2) is 9.38. The van der Waals surface area contributed by atoms with Crippen molar-refractivity contribution in [3.05, 3.63) is 69.1 Å². The third kappa shape index (κ3) is 4.20. The zero-order valence-electron chi connectivity index (χ0n) is 17.6. The van der Waals surface area contributed by atoms with E-state index in [0.717, 1.165) is 16.0 Å². The van der Waals surface area contributed by atoms with Gasteiger partial charge in [-0.25, -0.2) is 4.98 Å². The first-order chi connectivity index (χ1) is 15.0. The van der Waals surface area contributed by atoms with E-state index in [2.05, 4.69) is 0 Å². The predicted molar refractivity (Wildman–Crippen MR) is 131 cm³/mol. The second-order valence-corrected chi connectivity index (χ2v) is 9.86. The molecule has 160 valence electrons. The van der Waals surface area contributed by atoms with Gasteiger partial charge in [-0.05, 0) is 30.9 Å². The van der Waals surface area contributed by atoms with Crippen LogP contribution in [-0.4, -0.2) is 33.4 Å². The molecule has 0 aliphatic heterocycles. The molecule has 4 aromatic rings. The van der Waals surface area contributed by atoms with E-state index >= 15 is 0 Å². The molecule has 4 rings (SSSR count). The summed E-state index contributed by atoms with van der Waals surface area (Å²) >= 11 is 4.42. The van der Waals surface area contributed by atoms with Crippen LogP contribution in [0.4, 0.5) is 0 Å². The highest BCUT2D eigenvalue weighted by Crippen LogP contribution is 2.38. The van der Waals surface area contributed by atoms with Crippen molar-refractivity contribution in [1.29, 1.82) is 0 Å². The number of carbonyl (C=O) groups is 1. The summed E-state index contributed by atoms with van der Waals surface area (Å²) in [4.78, 5) is 35.0. The van der Waals surface area contributed by atoms with Crippen LogP contribution in [0.3, 0.4) is 0 Å². The number of rotatable bonds is 7. The summed E-state index contributed by atoms with van der Waals surface area (Å²) < 4.78 is 1.57. The molecule has 3 heterocycles. The van der Waals surface area contributed by atoms with Crippen LogP contribution in [0.15, 0.2) is 63.2 Å². The minimum atomic E-state index is -0.464. The number of thiophene rings is 2. The number of fused-ring (bicyclic) bond motifs is 1. The van der Waals surface area contributed by atoms with Gasteiger partial charge in [0.1, 0.15) is 10.1 Å². The highest BCUT2D eigenvalue weighted by Gasteiger charge is 2.28. The normalized spacial score (nSPS) is 12.2. The lowest BCUT2D eigenvalue weighted by molar-refractivity contribution is -0.130. The molecule has 1 unspecified atom stereocenters. The summed E-state index contributed by atoms with van der Waals surface area (Å²) in [6, 6.07) is 13.7. The van der Waals surface area contributed by atoms with Crippen LogP contribution in [0.5, 0.6) is 0 Å². The molecule has 0 fully saturated rings. The number of carbonyl (C=O) groups excluding carboxylic acids is 1. The van der Waals surface area contributed by atoms with Crippen molar-refractivity contribution in [1.82, 2.24) is 14.5 Å². The number of thioether (sulfide) groups is 1. The Morgan fingerprint density at radius 1 is 1.13 bits per heavy atom. The van der Waals surface area contributed by atoms with Gasteiger partial charge in [0.25, 0.3) is 5.56 Å². The van der Waals surface area contributed by atoms with Crippen molar-refractivity contribution in [2.24, 2.45) is 7.05 Å². The third-order valence-electron chi connectivity index (χ3n) is 5.19. The van der Waals surface area contributed by atoms with E-state index in [1.54, 1.807) is 23.0 Å². The van der Waals surface area contributed by atoms with Crippen LogP contribution in [0, 0.1) is 0 Å². The summed E-state index contributed by atoms with van der Waals surface area (Å²) in [5.74, 6) is 0.0287. The third-order valence-corrected chi connectivity index (χ3v) is 8.25. The van der Waals surface area contributed by atoms with E-state index < -0.39 is 5.25 Å². The fourth-order valence-corrected chi connectivity index (χ4v) is 6.42. The Morgan fingerprint density at radius 3 is 2.52 bits per heavy atom. The molecule has 0 aliphatic carbocycles. The standard InChI is InChI=1S/C23H23N3O2S3/c1-4-26(5-2)22(28)19(15-10-7-6-8-11-15)31-23-24-20-18(21(27)25(23)3)16(14-30-20)17-12-9-13-29-17/h6-14,19H,4-5H2,1-3H3. The number of hydrogen-bond acceptors (Lipinski definition) is 6. The quantitative estimate of drug-likeness (QED) is 0.268. The molecule has 0 saturated carbocycles. The summed E-state index contributed by atoms with van der Waals surface area (Å²) in [5.41, 5.74) is 1.75. The molecule has 0 saturated heterocycles. The lowest BCUT2D eigenvalue weighted by atomic mass is 10.1. The fraction of sp³-hybridized carbons (Fsp3) is 0.261. The summed E-state index contributed by atoms with van der Waals surface area (Å²) in [7, 11) is 1.73. The zero-order valence-corrected chi connectivity index (χ0v) is 20.0. The van der Waals surface area contributed by atoms with Crippen LogP contribution >= 0.6 is 34.4 Å². The Morgan fingerprint density at radius 2 is 1.87 bits per heavy atom. The van der Waals surface area contributed by atoms with Gasteiger partial charge in [0, 0.05) is 36.0 Å². The van der Waals surface area contributed by atoms with Gasteiger partial charge >= 0.3 is 0 Å². The van der Waals surface area contributed by atoms with E-state index in [0.29, 0.717) is 28.5 Å². The first-order valence-electron chi connectivity index (χ1n) is 10.1. The van der Waals surface area contributed by atoms with Crippen LogP contribution in [0.25, 0.3) is 20.7 Å². The molecule has 5 nitrogen and oxygen atoms in total. The van der Waals surface area contributed by atoms with Crippen LogP contribution in [-0.2, 0) is 11.8 Å². The molecule has 3 aromatic heterocycles. The fourth-order valence-electron chi connectivity index (χ4n) is 3.47. The summed E-state index contributed by atoms with van der Waals surface area (Å²) in [6.07, 6.45) is 0. The van der Waals surface area contributed by atoms with Gasteiger partial charge in [-0.1, -0.05) is 48.2 Å². The lowest BCUT2D eigenvalue weighted by Crippen LogP contribution is -2.34. The predicted octanol–water partition coefficient (Wildman–Crippen LogP) is 5.43. The van der Waals surface area contributed by atoms with Gasteiger partial charge in [0.05, 0.1) is 5.39 Å². The molecule has 0 spiro atoms. The van der Waals surface area contributed by atoms with Crippen molar-refractivity contribution in [2.45, 2.75) is 24.3 Å². The van der Waals surface area contributed by atoms with Crippen LogP contribution in [0.1, 0.15) is 24.7 Å². The largest absolute Gasteiger partial charge is 0.342 e. The Bertz CT molecular complexity index is 1240. The van der Waals surface area contributed by atoms with Crippen LogP contribution < -0.4 is 5.56 Å². The zero-order chi connectivity index (χ0) is 22.0. The van der Waals surface area contributed by atoms with Crippen molar-refractivity contribution in [3.63, 3.8) is 0 Å². The number of nitrogens with zero attached hydrogens (tertiary/aromatic N) is 3. The Hall–Kier alpha value is -2.42. The Balaban J connectivity index is 1.78. The second-order valence-electron chi connectivity index (χ2n) is 6.98. The number of aromatic nitrogens is 2. The first kappa shape index (κ1) is 21.8. The number of amides is 1. The van der Waals surface area contributed by atoms with Gasteiger partial charge in [-0.2, -0.15) is 0 Å². The molecule has 1 amide bonds. The van der Waals surface area contributed by atoms with Gasteiger partial charge < -0.3 is 4.90 Å². The number of benzene rings is 1. The Kier molecular flexibility index (Phi) is 6.60. The van der Waals surface area contributed by atoms with Gasteiger partial charge in [0.15, 0.2) is 5.16 Å². The lowest BCUT2D eigenvalue weighted by Gasteiger charge is -2.25. The molecule has 8 heteroatoms. The average molecular weight is 470 g/mol. The molecule has 0 radical (unpaired) electrons. The Labute approximate surface area is 193 Å². The minimum absolute atomic E-state index is 0.0287. The van der Waals surface area contributed by atoms with Gasteiger partial charge in [-0.3, -0.25) is 14.2 Å². The van der Waals surface area contributed by atoms with E-state index in [1.807, 2.05) is 72.0 Å².